The molecule has 96 valence electrons. The summed E-state index contributed by atoms with van der Waals surface area (Å²) in [7, 11) is 1.99. The molecule has 0 aliphatic carbocycles. The zero-order chi connectivity index (χ0) is 12.5. The first kappa shape index (κ1) is 12.8. The average Bonchev–Trinajstić information content (AvgIpc) is 2.61. The first-order valence-electron chi connectivity index (χ1n) is 6.38. The van der Waals surface area contributed by atoms with Crippen LogP contribution >= 0.6 is 11.3 Å². The van der Waals surface area contributed by atoms with Crippen LogP contribution in [0.3, 0.4) is 0 Å². The van der Waals surface area contributed by atoms with Crippen LogP contribution in [-0.2, 0) is 6.54 Å². The van der Waals surface area contributed by atoms with Gasteiger partial charge in [-0.15, -0.1) is 11.3 Å². The highest BCUT2D eigenvalue weighted by Gasteiger charge is 2.26. The number of aromatic nitrogens is 1. The number of aryl methyl sites for hydroxylation is 1. The Balaban J connectivity index is 2.06. The smallest absolute Gasteiger partial charge is 0.185 e. The molecule has 1 aliphatic rings. The molecule has 1 aromatic rings. The molecule has 2 rings (SSSR count). The van der Waals surface area contributed by atoms with Gasteiger partial charge in [-0.2, -0.15) is 0 Å². The number of rotatable bonds is 3. The molecule has 1 aromatic heterocycles. The van der Waals surface area contributed by atoms with Gasteiger partial charge in [0.1, 0.15) is 0 Å². The zero-order valence-corrected chi connectivity index (χ0v) is 12.2. The maximum absolute atomic E-state index is 4.71. The van der Waals surface area contributed by atoms with E-state index in [0.29, 0.717) is 5.41 Å². The summed E-state index contributed by atoms with van der Waals surface area (Å²) in [5.74, 6) is 0. The minimum absolute atomic E-state index is 0.511. The molecule has 4 heteroatoms. The zero-order valence-electron chi connectivity index (χ0n) is 11.3. The van der Waals surface area contributed by atoms with Crippen LogP contribution < -0.4 is 10.2 Å². The second-order valence-corrected chi connectivity index (χ2v) is 6.75. The summed E-state index contributed by atoms with van der Waals surface area (Å²) >= 11 is 1.84. The van der Waals surface area contributed by atoms with Crippen molar-refractivity contribution < 1.29 is 0 Å². The lowest BCUT2D eigenvalue weighted by Crippen LogP contribution is -2.37. The van der Waals surface area contributed by atoms with Crippen LogP contribution in [0, 0.1) is 12.3 Å². The summed E-state index contributed by atoms with van der Waals surface area (Å²) in [5.41, 5.74) is 1.69. The van der Waals surface area contributed by atoms with E-state index < -0.39 is 0 Å². The van der Waals surface area contributed by atoms with Crippen molar-refractivity contribution in [2.75, 3.05) is 25.0 Å². The van der Waals surface area contributed by atoms with Crippen molar-refractivity contribution in [2.45, 2.75) is 40.2 Å². The maximum atomic E-state index is 4.71. The van der Waals surface area contributed by atoms with Gasteiger partial charge in [-0.3, -0.25) is 0 Å². The maximum Gasteiger partial charge on any atom is 0.185 e. The third kappa shape index (κ3) is 2.99. The summed E-state index contributed by atoms with van der Waals surface area (Å²) in [6, 6.07) is 0. The van der Waals surface area contributed by atoms with Crippen molar-refractivity contribution in [1.82, 2.24) is 10.3 Å². The van der Waals surface area contributed by atoms with Gasteiger partial charge in [0.2, 0.25) is 0 Å². The lowest BCUT2D eigenvalue weighted by Gasteiger charge is -2.36. The van der Waals surface area contributed by atoms with Crippen molar-refractivity contribution in [2.24, 2.45) is 5.41 Å². The van der Waals surface area contributed by atoms with Crippen molar-refractivity contribution in [3.63, 3.8) is 0 Å². The normalized spacial score (nSPS) is 19.6. The van der Waals surface area contributed by atoms with E-state index in [1.165, 1.54) is 28.5 Å². The standard InChI is InChI=1S/C13H23N3S/c1-10-11(9-14-4)17-12(15-10)16-7-5-13(2,3)6-8-16/h14H,5-9H2,1-4H3. The first-order chi connectivity index (χ1) is 8.02. The van der Waals surface area contributed by atoms with Crippen LogP contribution in [-0.4, -0.2) is 25.1 Å². The van der Waals surface area contributed by atoms with E-state index in [0.717, 1.165) is 19.6 Å². The molecule has 3 nitrogen and oxygen atoms in total. The lowest BCUT2D eigenvalue weighted by atomic mass is 9.83. The van der Waals surface area contributed by atoms with Gasteiger partial charge in [0, 0.05) is 24.5 Å². The SMILES string of the molecule is CNCc1sc(N2CCC(C)(C)CC2)nc1C. The van der Waals surface area contributed by atoms with Gasteiger partial charge >= 0.3 is 0 Å². The van der Waals surface area contributed by atoms with Gasteiger partial charge in [0.15, 0.2) is 5.13 Å². The molecule has 1 aliphatic heterocycles. The monoisotopic (exact) mass is 253 g/mol. The lowest BCUT2D eigenvalue weighted by molar-refractivity contribution is 0.279. The number of nitrogens with zero attached hydrogens (tertiary/aromatic N) is 2. The molecule has 0 unspecified atom stereocenters. The van der Waals surface area contributed by atoms with Crippen molar-refractivity contribution in [3.8, 4) is 0 Å². The summed E-state index contributed by atoms with van der Waals surface area (Å²) in [6.07, 6.45) is 2.54. The van der Waals surface area contributed by atoms with E-state index in [2.05, 4.69) is 31.0 Å². The number of hydrogen-bond donors (Lipinski definition) is 1. The Bertz CT molecular complexity index is 374. The van der Waals surface area contributed by atoms with Crippen LogP contribution in [0.5, 0.6) is 0 Å². The molecular weight excluding hydrogens is 230 g/mol. The molecule has 0 saturated carbocycles. The van der Waals surface area contributed by atoms with Crippen molar-refractivity contribution >= 4 is 16.5 Å². The molecular formula is C13H23N3S. The first-order valence-corrected chi connectivity index (χ1v) is 7.19. The Hall–Kier alpha value is -0.610. The molecule has 0 spiro atoms. The van der Waals surface area contributed by atoms with E-state index in [9.17, 15) is 0 Å². The highest BCUT2D eigenvalue weighted by molar-refractivity contribution is 7.15. The molecule has 17 heavy (non-hydrogen) atoms. The van der Waals surface area contributed by atoms with Gasteiger partial charge in [0.05, 0.1) is 5.69 Å². The summed E-state index contributed by atoms with van der Waals surface area (Å²) in [6.45, 7) is 10.1. The van der Waals surface area contributed by atoms with Crippen molar-refractivity contribution in [3.05, 3.63) is 10.6 Å². The van der Waals surface area contributed by atoms with Crippen LogP contribution in [0.2, 0.25) is 0 Å². The second kappa shape index (κ2) is 4.94. The number of anilines is 1. The fourth-order valence-electron chi connectivity index (χ4n) is 2.18. The number of piperidine rings is 1. The van der Waals surface area contributed by atoms with Gasteiger partial charge in [-0.25, -0.2) is 4.98 Å². The number of nitrogens with one attached hydrogen (secondary N) is 1. The molecule has 0 radical (unpaired) electrons. The van der Waals surface area contributed by atoms with E-state index in [-0.39, 0.29) is 0 Å². The van der Waals surface area contributed by atoms with Crippen LogP contribution in [0.4, 0.5) is 5.13 Å². The van der Waals surface area contributed by atoms with Crippen LogP contribution in [0.15, 0.2) is 0 Å². The fraction of sp³-hybridized carbons (Fsp3) is 0.769. The van der Waals surface area contributed by atoms with Crippen LogP contribution in [0.1, 0.15) is 37.3 Å². The third-order valence-corrected chi connectivity index (χ3v) is 4.82. The third-order valence-electron chi connectivity index (χ3n) is 3.61. The number of hydrogen-bond acceptors (Lipinski definition) is 4. The molecule has 0 aromatic carbocycles. The van der Waals surface area contributed by atoms with Crippen molar-refractivity contribution in [1.29, 1.82) is 0 Å². The van der Waals surface area contributed by atoms with E-state index in [4.69, 9.17) is 4.98 Å². The van der Waals surface area contributed by atoms with E-state index in [1.807, 2.05) is 18.4 Å². The van der Waals surface area contributed by atoms with E-state index >= 15 is 0 Å². The minimum atomic E-state index is 0.511. The molecule has 2 heterocycles. The number of thiazole rings is 1. The Labute approximate surface area is 108 Å². The molecule has 0 bridgehead atoms. The van der Waals surface area contributed by atoms with Gasteiger partial charge in [-0.05, 0) is 32.2 Å². The quantitative estimate of drug-likeness (QED) is 0.898. The Morgan fingerprint density at radius 3 is 2.59 bits per heavy atom. The molecule has 0 atom stereocenters. The van der Waals surface area contributed by atoms with Gasteiger partial charge in [0.25, 0.3) is 0 Å². The predicted molar refractivity (Wildman–Crippen MR) is 74.8 cm³/mol. The summed E-state index contributed by atoms with van der Waals surface area (Å²) < 4.78 is 0. The van der Waals surface area contributed by atoms with Gasteiger partial charge in [-0.1, -0.05) is 13.8 Å². The Morgan fingerprint density at radius 1 is 1.35 bits per heavy atom. The van der Waals surface area contributed by atoms with Gasteiger partial charge < -0.3 is 10.2 Å². The second-order valence-electron chi connectivity index (χ2n) is 5.69. The molecule has 1 saturated heterocycles. The minimum Gasteiger partial charge on any atom is -0.348 e. The average molecular weight is 253 g/mol. The molecule has 1 N–H and O–H groups in total. The summed E-state index contributed by atoms with van der Waals surface area (Å²) in [5, 5.41) is 4.42. The molecule has 1 fully saturated rings. The Kier molecular flexibility index (Phi) is 3.73. The fourth-order valence-corrected chi connectivity index (χ4v) is 3.30. The largest absolute Gasteiger partial charge is 0.348 e. The highest BCUT2D eigenvalue weighted by Crippen LogP contribution is 2.34. The Morgan fingerprint density at radius 2 is 2.00 bits per heavy atom. The predicted octanol–water partition coefficient (Wildman–Crippen LogP) is 2.80. The summed E-state index contributed by atoms with van der Waals surface area (Å²) in [4.78, 5) is 8.52. The molecule has 0 amide bonds. The topological polar surface area (TPSA) is 28.2 Å². The highest BCUT2D eigenvalue weighted by atomic mass is 32.1. The van der Waals surface area contributed by atoms with E-state index in [1.54, 1.807) is 0 Å². The van der Waals surface area contributed by atoms with Crippen LogP contribution in [0.25, 0.3) is 0 Å².